The van der Waals surface area contributed by atoms with Gasteiger partial charge >= 0.3 is 11.6 Å². The Morgan fingerprint density at radius 2 is 1.71 bits per heavy atom. The fourth-order valence-corrected chi connectivity index (χ4v) is 2.97. The summed E-state index contributed by atoms with van der Waals surface area (Å²) in [4.78, 5) is 24.2. The van der Waals surface area contributed by atoms with Gasteiger partial charge in [0, 0.05) is 28.6 Å². The largest absolute Gasteiger partial charge is 0.497 e. The molecule has 0 saturated carbocycles. The van der Waals surface area contributed by atoms with Crippen LogP contribution in [-0.2, 0) is 22.6 Å². The second-order valence-corrected chi connectivity index (χ2v) is 6.54. The first-order chi connectivity index (χ1) is 13.4. The van der Waals surface area contributed by atoms with Gasteiger partial charge in [-0.25, -0.2) is 4.79 Å². The monoisotopic (exact) mass is 382 g/mol. The van der Waals surface area contributed by atoms with Gasteiger partial charge < -0.3 is 18.6 Å². The van der Waals surface area contributed by atoms with Crippen molar-refractivity contribution in [1.29, 1.82) is 0 Å². The van der Waals surface area contributed by atoms with Crippen molar-refractivity contribution in [1.82, 2.24) is 0 Å². The summed E-state index contributed by atoms with van der Waals surface area (Å²) in [5, 5.41) is 0.762. The summed E-state index contributed by atoms with van der Waals surface area (Å²) in [5.41, 5.74) is 3.41. The Morgan fingerprint density at radius 1 is 0.964 bits per heavy atom. The van der Waals surface area contributed by atoms with E-state index in [0.717, 1.165) is 16.5 Å². The van der Waals surface area contributed by atoms with Gasteiger partial charge in [0.05, 0.1) is 20.6 Å². The molecule has 0 radical (unpaired) electrons. The first-order valence-corrected chi connectivity index (χ1v) is 8.81. The maximum absolute atomic E-state index is 12.3. The third kappa shape index (κ3) is 4.17. The first kappa shape index (κ1) is 19.5. The van der Waals surface area contributed by atoms with Crippen LogP contribution in [0.15, 0.2) is 45.6 Å². The fraction of sp³-hybridized carbons (Fsp3) is 0.273. The Bertz CT molecular complexity index is 1080. The lowest BCUT2D eigenvalue weighted by atomic mass is 10.0. The van der Waals surface area contributed by atoms with Crippen LogP contribution in [0.1, 0.15) is 22.3 Å². The number of ether oxygens (including phenoxy) is 3. The zero-order valence-electron chi connectivity index (χ0n) is 16.3. The number of rotatable bonds is 6. The predicted octanol–water partition coefficient (Wildman–Crippen LogP) is 3.71. The smallest absolute Gasteiger partial charge is 0.336 e. The summed E-state index contributed by atoms with van der Waals surface area (Å²) in [6.45, 7) is 3.91. The van der Waals surface area contributed by atoms with Gasteiger partial charge in [0.15, 0.2) is 0 Å². The van der Waals surface area contributed by atoms with Gasteiger partial charge in [0.1, 0.15) is 23.7 Å². The Morgan fingerprint density at radius 3 is 2.43 bits per heavy atom. The van der Waals surface area contributed by atoms with Gasteiger partial charge in [0.2, 0.25) is 0 Å². The maximum Gasteiger partial charge on any atom is 0.336 e. The summed E-state index contributed by atoms with van der Waals surface area (Å²) in [7, 11) is 3.09. The van der Waals surface area contributed by atoms with Gasteiger partial charge in [-0.15, -0.1) is 0 Å². The number of methoxy groups -OCH3 is 2. The van der Waals surface area contributed by atoms with Crippen LogP contribution >= 0.6 is 0 Å². The number of carbonyl (C=O) groups is 1. The summed E-state index contributed by atoms with van der Waals surface area (Å²) in [6.07, 6.45) is 0.0463. The minimum absolute atomic E-state index is 0.0120. The molecule has 0 N–H and O–H groups in total. The topological polar surface area (TPSA) is 75.0 Å². The lowest BCUT2D eigenvalue weighted by Crippen LogP contribution is -2.10. The molecule has 6 heteroatoms. The zero-order chi connectivity index (χ0) is 20.3. The maximum atomic E-state index is 12.3. The van der Waals surface area contributed by atoms with Crippen LogP contribution in [0, 0.1) is 13.8 Å². The predicted molar refractivity (Wildman–Crippen MR) is 105 cm³/mol. The molecular weight excluding hydrogens is 360 g/mol. The van der Waals surface area contributed by atoms with Crippen LogP contribution in [0.4, 0.5) is 0 Å². The van der Waals surface area contributed by atoms with Crippen molar-refractivity contribution in [3.8, 4) is 11.5 Å². The quantitative estimate of drug-likeness (QED) is 0.478. The van der Waals surface area contributed by atoms with Gasteiger partial charge in [-0.3, -0.25) is 4.79 Å². The average molecular weight is 382 g/mol. The number of carbonyl (C=O) groups excluding carboxylic acids is 1. The highest BCUT2D eigenvalue weighted by Gasteiger charge is 2.13. The van der Waals surface area contributed by atoms with E-state index in [4.69, 9.17) is 18.6 Å². The summed E-state index contributed by atoms with van der Waals surface area (Å²) in [5.74, 6) is 0.768. The minimum atomic E-state index is -0.473. The highest BCUT2D eigenvalue weighted by Crippen LogP contribution is 2.26. The highest BCUT2D eigenvalue weighted by atomic mass is 16.5. The number of benzene rings is 2. The molecule has 28 heavy (non-hydrogen) atoms. The van der Waals surface area contributed by atoms with E-state index in [0.29, 0.717) is 28.2 Å². The Kier molecular flexibility index (Phi) is 5.68. The molecule has 0 fully saturated rings. The van der Waals surface area contributed by atoms with Gasteiger partial charge in [-0.2, -0.15) is 0 Å². The van der Waals surface area contributed by atoms with Crippen LogP contribution in [0.5, 0.6) is 11.5 Å². The van der Waals surface area contributed by atoms with Crippen molar-refractivity contribution in [2.24, 2.45) is 0 Å². The number of esters is 1. The molecule has 0 bridgehead atoms. The van der Waals surface area contributed by atoms with Crippen LogP contribution in [0.25, 0.3) is 11.0 Å². The number of fused-ring (bicyclic) bond motifs is 1. The van der Waals surface area contributed by atoms with E-state index in [1.807, 2.05) is 26.0 Å². The van der Waals surface area contributed by atoms with Crippen molar-refractivity contribution < 1.29 is 23.4 Å². The Balaban J connectivity index is 1.78. The van der Waals surface area contributed by atoms with E-state index in [1.54, 1.807) is 25.3 Å². The highest BCUT2D eigenvalue weighted by molar-refractivity contribution is 5.82. The lowest BCUT2D eigenvalue weighted by molar-refractivity contribution is -0.144. The summed E-state index contributed by atoms with van der Waals surface area (Å²) >= 11 is 0. The second-order valence-electron chi connectivity index (χ2n) is 6.54. The Hall–Kier alpha value is -3.28. The van der Waals surface area contributed by atoms with Crippen LogP contribution < -0.4 is 15.1 Å². The molecule has 0 unspecified atom stereocenters. The van der Waals surface area contributed by atoms with E-state index < -0.39 is 11.6 Å². The molecule has 146 valence electrons. The molecule has 0 saturated heterocycles. The minimum Gasteiger partial charge on any atom is -0.497 e. The lowest BCUT2D eigenvalue weighted by Gasteiger charge is -2.11. The molecule has 3 aromatic rings. The van der Waals surface area contributed by atoms with Crippen molar-refractivity contribution in [3.05, 3.63) is 69.1 Å². The fourth-order valence-electron chi connectivity index (χ4n) is 2.97. The van der Waals surface area contributed by atoms with Gasteiger partial charge in [-0.1, -0.05) is 6.07 Å². The molecule has 1 heterocycles. The molecule has 0 aliphatic rings. The van der Waals surface area contributed by atoms with E-state index in [1.165, 1.54) is 13.2 Å². The van der Waals surface area contributed by atoms with Crippen molar-refractivity contribution in [2.45, 2.75) is 26.9 Å². The summed E-state index contributed by atoms with van der Waals surface area (Å²) < 4.78 is 21.1. The van der Waals surface area contributed by atoms with Crippen molar-refractivity contribution in [3.63, 3.8) is 0 Å². The van der Waals surface area contributed by atoms with E-state index in [-0.39, 0.29) is 13.0 Å². The van der Waals surface area contributed by atoms with Crippen LogP contribution in [-0.4, -0.2) is 20.2 Å². The second kappa shape index (κ2) is 8.17. The molecule has 6 nitrogen and oxygen atoms in total. The molecular formula is C22H22O6. The first-order valence-electron chi connectivity index (χ1n) is 8.81. The molecule has 0 spiro atoms. The molecule has 0 amide bonds. The molecule has 0 atom stereocenters. The normalized spacial score (nSPS) is 10.7. The van der Waals surface area contributed by atoms with Crippen LogP contribution in [0.3, 0.4) is 0 Å². The molecule has 3 rings (SSSR count). The Labute approximate surface area is 162 Å². The van der Waals surface area contributed by atoms with Crippen LogP contribution in [0.2, 0.25) is 0 Å². The average Bonchev–Trinajstić information content (AvgIpc) is 2.67. The third-order valence-electron chi connectivity index (χ3n) is 4.66. The molecule has 1 aromatic heterocycles. The summed E-state index contributed by atoms with van der Waals surface area (Å²) in [6, 6.07) is 10.3. The number of aryl methyl sites for hydroxylation is 2. The van der Waals surface area contributed by atoms with E-state index in [9.17, 15) is 9.59 Å². The zero-order valence-corrected chi connectivity index (χ0v) is 16.3. The third-order valence-corrected chi connectivity index (χ3v) is 4.66. The molecule has 2 aromatic carbocycles. The standard InChI is InChI=1S/C22H22O6/c1-13-7-18-16(10-22(24)28-20(18)8-14(13)2)12-27-21(23)9-15-5-6-17(25-3)11-19(15)26-4/h5-8,10-11H,9,12H2,1-4H3. The molecule has 0 aliphatic heterocycles. The SMILES string of the molecule is COc1ccc(CC(=O)OCc2cc(=O)oc3cc(C)c(C)cc23)c(OC)c1. The number of hydrogen-bond acceptors (Lipinski definition) is 6. The number of hydrogen-bond donors (Lipinski definition) is 0. The van der Waals surface area contributed by atoms with Gasteiger partial charge in [0.25, 0.3) is 0 Å². The van der Waals surface area contributed by atoms with Crippen molar-refractivity contribution in [2.75, 3.05) is 14.2 Å². The molecule has 0 aliphatic carbocycles. The van der Waals surface area contributed by atoms with Gasteiger partial charge in [-0.05, 0) is 43.2 Å². The van der Waals surface area contributed by atoms with E-state index in [2.05, 4.69) is 0 Å². The van der Waals surface area contributed by atoms with Crippen molar-refractivity contribution >= 4 is 16.9 Å². The van der Waals surface area contributed by atoms with E-state index >= 15 is 0 Å².